The zero-order valence-corrected chi connectivity index (χ0v) is 34.9. The van der Waals surface area contributed by atoms with Crippen molar-refractivity contribution in [2.24, 2.45) is 0 Å². The van der Waals surface area contributed by atoms with E-state index in [1.807, 2.05) is 11.3 Å². The number of hydrogen-bond acceptors (Lipinski definition) is 3. The van der Waals surface area contributed by atoms with Gasteiger partial charge < -0.3 is 9.80 Å². The highest BCUT2D eigenvalue weighted by atomic mass is 32.1. The summed E-state index contributed by atoms with van der Waals surface area (Å²) in [5, 5.41) is 0. The van der Waals surface area contributed by atoms with Crippen LogP contribution in [-0.2, 0) is 0 Å². The van der Waals surface area contributed by atoms with E-state index in [0.29, 0.717) is 0 Å². The van der Waals surface area contributed by atoms with Gasteiger partial charge in [-0.3, -0.25) is 0 Å². The van der Waals surface area contributed by atoms with Crippen LogP contribution < -0.4 is 9.80 Å². The third-order valence-corrected chi connectivity index (χ3v) is 12.9. The normalized spacial score (nSPS) is 12.4. The molecule has 0 spiro atoms. The van der Waals surface area contributed by atoms with Crippen LogP contribution in [0.15, 0.2) is 231 Å². The second-order valence-electron chi connectivity index (χ2n) is 15.6. The molecule has 294 valence electrons. The van der Waals surface area contributed by atoms with Crippen LogP contribution in [0.25, 0.3) is 48.7 Å². The summed E-state index contributed by atoms with van der Waals surface area (Å²) in [5.41, 5.74) is 16.8. The van der Waals surface area contributed by atoms with Crippen molar-refractivity contribution < 1.29 is 0 Å². The number of benzene rings is 8. The Balaban J connectivity index is 0.925. The molecule has 10 rings (SSSR count). The number of nitrogens with zero attached hydrogens (tertiary/aromatic N) is 2. The summed E-state index contributed by atoms with van der Waals surface area (Å²) in [5.74, 6) is 0. The molecular formula is C58H46N2S. The molecule has 0 amide bonds. The van der Waals surface area contributed by atoms with Crippen LogP contribution in [0.2, 0.25) is 0 Å². The van der Waals surface area contributed by atoms with Gasteiger partial charge in [0.2, 0.25) is 0 Å². The van der Waals surface area contributed by atoms with Gasteiger partial charge in [0.15, 0.2) is 0 Å². The van der Waals surface area contributed by atoms with Crippen molar-refractivity contribution in [3.8, 4) is 43.1 Å². The van der Waals surface area contributed by atoms with Crippen LogP contribution in [0.4, 0.5) is 34.1 Å². The van der Waals surface area contributed by atoms with Gasteiger partial charge in [0.1, 0.15) is 0 Å². The van der Waals surface area contributed by atoms with Gasteiger partial charge >= 0.3 is 0 Å². The van der Waals surface area contributed by atoms with Crippen LogP contribution in [0.1, 0.15) is 31.2 Å². The lowest BCUT2D eigenvalue weighted by molar-refractivity contribution is 0.742. The average molecular weight is 803 g/mol. The van der Waals surface area contributed by atoms with Crippen molar-refractivity contribution >= 4 is 51.0 Å². The van der Waals surface area contributed by atoms with E-state index in [-0.39, 0.29) is 0 Å². The van der Waals surface area contributed by atoms with Crippen molar-refractivity contribution in [2.75, 3.05) is 9.80 Å². The molecule has 3 heteroatoms. The van der Waals surface area contributed by atoms with Crippen molar-refractivity contribution in [3.63, 3.8) is 0 Å². The average Bonchev–Trinajstić information content (AvgIpc) is 3.85. The number of rotatable bonds is 11. The quantitative estimate of drug-likeness (QED) is 0.129. The van der Waals surface area contributed by atoms with Gasteiger partial charge in [-0.1, -0.05) is 146 Å². The topological polar surface area (TPSA) is 6.48 Å². The first kappa shape index (κ1) is 38.0. The minimum absolute atomic E-state index is 1.11. The molecule has 1 aliphatic rings. The van der Waals surface area contributed by atoms with Crippen molar-refractivity contribution in [1.29, 1.82) is 0 Å². The molecule has 61 heavy (non-hydrogen) atoms. The number of thiophene rings is 1. The Bertz CT molecular complexity index is 2840. The van der Waals surface area contributed by atoms with E-state index in [2.05, 4.69) is 240 Å². The number of anilines is 6. The molecule has 0 aliphatic heterocycles. The maximum absolute atomic E-state index is 2.42. The molecule has 9 aromatic rings. The Kier molecular flexibility index (Phi) is 11.0. The molecule has 0 N–H and O–H groups in total. The molecule has 8 aromatic carbocycles. The fourth-order valence-electron chi connectivity index (χ4n) is 8.46. The summed E-state index contributed by atoms with van der Waals surface area (Å²) in [6.07, 6.45) is 7.33. The third-order valence-electron chi connectivity index (χ3n) is 11.7. The Labute approximate surface area is 364 Å². The van der Waals surface area contributed by atoms with Gasteiger partial charge in [0.25, 0.3) is 0 Å². The summed E-state index contributed by atoms with van der Waals surface area (Å²) < 4.78 is 0. The molecule has 0 saturated heterocycles. The molecule has 1 aliphatic carbocycles. The van der Waals surface area contributed by atoms with E-state index in [1.165, 1.54) is 73.5 Å². The first-order valence-corrected chi connectivity index (χ1v) is 22.1. The molecular weight excluding hydrogens is 757 g/mol. The van der Waals surface area contributed by atoms with Crippen LogP contribution >= 0.6 is 11.3 Å². The number of allylic oxidation sites excluding steroid dienone is 2. The van der Waals surface area contributed by atoms with Crippen molar-refractivity contribution in [1.82, 2.24) is 0 Å². The van der Waals surface area contributed by atoms with Crippen molar-refractivity contribution in [2.45, 2.75) is 25.7 Å². The lowest BCUT2D eigenvalue weighted by Crippen LogP contribution is -2.10. The van der Waals surface area contributed by atoms with E-state index < -0.39 is 0 Å². The minimum atomic E-state index is 1.11. The first-order valence-electron chi connectivity index (χ1n) is 21.3. The van der Waals surface area contributed by atoms with Crippen LogP contribution in [0.3, 0.4) is 0 Å². The Hall–Kier alpha value is -7.20. The molecule has 1 heterocycles. The Morgan fingerprint density at radius 3 is 1.02 bits per heavy atom. The van der Waals surface area contributed by atoms with Crippen LogP contribution in [0.5, 0.6) is 0 Å². The highest BCUT2D eigenvalue weighted by Crippen LogP contribution is 2.41. The number of para-hydroxylation sites is 1. The zero-order valence-electron chi connectivity index (χ0n) is 34.1. The van der Waals surface area contributed by atoms with Crippen LogP contribution in [0, 0.1) is 0 Å². The largest absolute Gasteiger partial charge is 0.311 e. The summed E-state index contributed by atoms with van der Waals surface area (Å²) in [6.45, 7) is 0. The molecule has 0 bridgehead atoms. The van der Waals surface area contributed by atoms with Gasteiger partial charge in [0.05, 0.1) is 0 Å². The predicted molar refractivity (Wildman–Crippen MR) is 262 cm³/mol. The smallest absolute Gasteiger partial charge is 0.0462 e. The van der Waals surface area contributed by atoms with E-state index in [0.717, 1.165) is 40.5 Å². The summed E-state index contributed by atoms with van der Waals surface area (Å²) in [7, 11) is 0. The zero-order chi connectivity index (χ0) is 40.8. The molecule has 2 nitrogen and oxygen atoms in total. The molecule has 0 radical (unpaired) electrons. The fraction of sp³-hybridized carbons (Fsp3) is 0.0690. The lowest BCUT2D eigenvalue weighted by Gasteiger charge is -2.27. The summed E-state index contributed by atoms with van der Waals surface area (Å²) >= 11 is 1.83. The molecule has 0 saturated carbocycles. The van der Waals surface area contributed by atoms with Crippen LogP contribution in [-0.4, -0.2) is 0 Å². The molecule has 1 aromatic heterocycles. The lowest BCUT2D eigenvalue weighted by atomic mass is 9.93. The third kappa shape index (κ3) is 8.34. The van der Waals surface area contributed by atoms with Gasteiger partial charge in [-0.25, -0.2) is 0 Å². The number of hydrogen-bond donors (Lipinski definition) is 0. The highest BCUT2D eigenvalue weighted by molar-refractivity contribution is 7.18. The fourth-order valence-corrected chi connectivity index (χ4v) is 9.48. The molecule has 0 unspecified atom stereocenters. The Morgan fingerprint density at radius 1 is 0.279 bits per heavy atom. The van der Waals surface area contributed by atoms with Gasteiger partial charge in [-0.15, -0.1) is 11.3 Å². The Morgan fingerprint density at radius 2 is 0.607 bits per heavy atom. The van der Waals surface area contributed by atoms with E-state index >= 15 is 0 Å². The van der Waals surface area contributed by atoms with Gasteiger partial charge in [0, 0.05) is 43.9 Å². The van der Waals surface area contributed by atoms with Crippen molar-refractivity contribution in [3.05, 3.63) is 236 Å². The van der Waals surface area contributed by atoms with E-state index in [4.69, 9.17) is 0 Å². The predicted octanol–water partition coefficient (Wildman–Crippen LogP) is 17.3. The molecule has 0 fully saturated rings. The van der Waals surface area contributed by atoms with Gasteiger partial charge in [-0.2, -0.15) is 0 Å². The summed E-state index contributed by atoms with van der Waals surface area (Å²) in [4.78, 5) is 7.24. The summed E-state index contributed by atoms with van der Waals surface area (Å²) in [6, 6.07) is 81.3. The first-order chi connectivity index (χ1) is 30.2. The monoisotopic (exact) mass is 802 g/mol. The minimum Gasteiger partial charge on any atom is -0.311 e. The maximum Gasteiger partial charge on any atom is 0.0462 e. The van der Waals surface area contributed by atoms with Gasteiger partial charge in [-0.05, 0) is 155 Å². The molecule has 0 atom stereocenters. The highest BCUT2D eigenvalue weighted by Gasteiger charge is 2.17. The standard InChI is InChI=1S/C58H46N2S/c1-5-13-43(14-6-1)45-21-31-53(32-22-45)60(54-33-23-46(24-34-54)44-15-7-2-8-16-44)55-37-27-48(28-38-55)47-25-35-52(36-26-47)59(51-19-11-4-12-20-51)56-39-29-50(30-40-56)58-42-41-57(61-58)49-17-9-3-10-18-49/h1,3-6,9-15,17-42H,2,7-8,16H2. The van der Waals surface area contributed by atoms with E-state index in [9.17, 15) is 0 Å². The maximum atomic E-state index is 2.42. The van der Waals surface area contributed by atoms with E-state index in [1.54, 1.807) is 0 Å². The second kappa shape index (κ2) is 17.6. The second-order valence-corrected chi connectivity index (χ2v) is 16.7. The SMILES string of the molecule is C1=C(c2ccc(N(c3ccc(-c4ccccc4)cc3)c3ccc(-c4ccc(N(c5ccccc5)c5ccc(-c6ccc(-c7ccccc7)s6)cc5)cc4)cc3)cc2)CCCC1.